The van der Waals surface area contributed by atoms with E-state index in [1.807, 2.05) is 20.8 Å². The van der Waals surface area contributed by atoms with E-state index in [1.165, 1.54) is 65.5 Å². The summed E-state index contributed by atoms with van der Waals surface area (Å²) in [7, 11) is 0. The number of nitrogens with zero attached hydrogens (tertiary/aromatic N) is 4. The molecule has 0 spiro atoms. The number of hydrogen-bond acceptors (Lipinski definition) is 8. The van der Waals surface area contributed by atoms with Gasteiger partial charge >= 0.3 is 6.09 Å². The molecule has 6 rings (SSSR count). The fourth-order valence-electron chi connectivity index (χ4n) is 6.29. The molecule has 0 saturated heterocycles. The van der Waals surface area contributed by atoms with Crippen LogP contribution in [0.4, 0.5) is 25.1 Å². The summed E-state index contributed by atoms with van der Waals surface area (Å²) in [6.07, 6.45) is 3.91. The van der Waals surface area contributed by atoms with E-state index in [1.54, 1.807) is 25.1 Å². The minimum absolute atomic E-state index is 0.0585. The minimum atomic E-state index is -1.42. The first-order chi connectivity index (χ1) is 24.3. The molecule has 0 fully saturated rings. The highest BCUT2D eigenvalue weighted by molar-refractivity contribution is 5.93. The van der Waals surface area contributed by atoms with Crippen molar-refractivity contribution in [3.63, 3.8) is 0 Å². The zero-order valence-electron chi connectivity index (χ0n) is 28.1. The van der Waals surface area contributed by atoms with Crippen LogP contribution in [0.2, 0.25) is 0 Å². The molecular weight excluding hydrogens is 660 g/mol. The van der Waals surface area contributed by atoms with Crippen LogP contribution in [0.15, 0.2) is 83.9 Å². The zero-order valence-corrected chi connectivity index (χ0v) is 28.1. The molecule has 11 nitrogen and oxygen atoms in total. The van der Waals surface area contributed by atoms with Crippen molar-refractivity contribution in [3.8, 4) is 17.2 Å². The number of benzene rings is 2. The molecule has 3 aromatic heterocycles. The summed E-state index contributed by atoms with van der Waals surface area (Å²) in [5.41, 5.74) is 1.81. The number of carboxylic acid groups (broad SMARTS) is 1. The topological polar surface area (TPSA) is 144 Å². The largest absolute Gasteiger partial charge is 0.465 e. The van der Waals surface area contributed by atoms with Crippen LogP contribution < -0.4 is 15.6 Å². The van der Waals surface area contributed by atoms with Crippen molar-refractivity contribution < 1.29 is 33.0 Å². The van der Waals surface area contributed by atoms with Gasteiger partial charge in [0.25, 0.3) is 5.56 Å². The lowest BCUT2D eigenvalue weighted by Crippen LogP contribution is -2.50. The number of aldehydes is 2. The summed E-state index contributed by atoms with van der Waals surface area (Å²) in [5.74, 6) is -0.982. The molecule has 4 heterocycles. The van der Waals surface area contributed by atoms with Gasteiger partial charge in [0, 0.05) is 52.9 Å². The summed E-state index contributed by atoms with van der Waals surface area (Å²) in [6.45, 7) is 7.48. The van der Waals surface area contributed by atoms with Gasteiger partial charge in [-0.1, -0.05) is 26.8 Å². The Morgan fingerprint density at radius 3 is 2.35 bits per heavy atom. The molecule has 1 amide bonds. The number of anilines is 2. The fraction of sp³-hybridized carbons (Fsp3) is 0.211. The number of aromatic nitrogens is 3. The highest BCUT2D eigenvalue weighted by atomic mass is 19.1. The normalized spacial score (nSPS) is 16.0. The average molecular weight is 694 g/mol. The maximum atomic E-state index is 15.8. The molecule has 2 unspecified atom stereocenters. The standard InChI is InChI=1S/C38H33F2N5O6/c1-21-15-22-11-13-42-35(33(22)36(48)44(21)26-8-5-24(39)6-9-26)43-25-7-10-30(29(40)18-25)51-31-12-14-41-34(38(2,3)4)32(31)23-16-27(19-46)45(37(49)50)28(17-23)20-47/h5-16,18-20,27-28H,17H2,1-4H3,(H,42,43)(H,49,50). The van der Waals surface area contributed by atoms with Gasteiger partial charge in [0.05, 0.1) is 17.1 Å². The molecule has 0 saturated carbocycles. The second-order valence-corrected chi connectivity index (χ2v) is 13.1. The summed E-state index contributed by atoms with van der Waals surface area (Å²) in [4.78, 5) is 59.3. The van der Waals surface area contributed by atoms with Crippen molar-refractivity contribution in [2.24, 2.45) is 0 Å². The van der Waals surface area contributed by atoms with Gasteiger partial charge in [0.15, 0.2) is 11.6 Å². The van der Waals surface area contributed by atoms with Crippen molar-refractivity contribution in [2.45, 2.75) is 51.6 Å². The summed E-state index contributed by atoms with van der Waals surface area (Å²) in [5, 5.41) is 13.6. The average Bonchev–Trinajstić information content (AvgIpc) is 3.09. The highest BCUT2D eigenvalue weighted by Crippen LogP contribution is 2.42. The van der Waals surface area contributed by atoms with Crippen LogP contribution in [0.3, 0.4) is 0 Å². The van der Waals surface area contributed by atoms with E-state index in [2.05, 4.69) is 15.3 Å². The molecule has 1 aliphatic rings. The van der Waals surface area contributed by atoms with E-state index in [0.717, 1.165) is 4.90 Å². The summed E-state index contributed by atoms with van der Waals surface area (Å²) in [6, 6.07) is 12.3. The Labute approximate surface area is 290 Å². The molecule has 51 heavy (non-hydrogen) atoms. The number of carbonyl (C=O) groups excluding carboxylic acids is 2. The Kier molecular flexibility index (Phi) is 9.22. The fourth-order valence-corrected chi connectivity index (χ4v) is 6.29. The smallest absolute Gasteiger partial charge is 0.408 e. The van der Waals surface area contributed by atoms with Gasteiger partial charge < -0.3 is 24.7 Å². The van der Waals surface area contributed by atoms with E-state index >= 15 is 4.39 Å². The quantitative estimate of drug-likeness (QED) is 0.163. The van der Waals surface area contributed by atoms with Crippen LogP contribution in [0.5, 0.6) is 11.5 Å². The Morgan fingerprint density at radius 1 is 0.980 bits per heavy atom. The van der Waals surface area contributed by atoms with Crippen LogP contribution in [-0.4, -0.2) is 55.3 Å². The van der Waals surface area contributed by atoms with Crippen molar-refractivity contribution in [1.29, 1.82) is 0 Å². The number of ether oxygens (including phenoxy) is 1. The number of fused-ring (bicyclic) bond motifs is 1. The maximum Gasteiger partial charge on any atom is 0.408 e. The monoisotopic (exact) mass is 693 g/mol. The lowest BCUT2D eigenvalue weighted by atomic mass is 9.82. The molecule has 0 aliphatic carbocycles. The van der Waals surface area contributed by atoms with Crippen molar-refractivity contribution >= 4 is 46.5 Å². The summed E-state index contributed by atoms with van der Waals surface area (Å²) >= 11 is 0. The first-order valence-corrected chi connectivity index (χ1v) is 15.9. The third-order valence-electron chi connectivity index (χ3n) is 8.56. The molecule has 0 bridgehead atoms. The lowest BCUT2D eigenvalue weighted by Gasteiger charge is -2.35. The summed E-state index contributed by atoms with van der Waals surface area (Å²) < 4.78 is 37.0. The number of rotatable bonds is 8. The van der Waals surface area contributed by atoms with Crippen molar-refractivity contribution in [1.82, 2.24) is 19.4 Å². The Hall–Kier alpha value is -6.24. The molecule has 2 aromatic carbocycles. The number of halogens is 2. The Bertz CT molecular complexity index is 2280. The van der Waals surface area contributed by atoms with Crippen molar-refractivity contribution in [2.75, 3.05) is 5.32 Å². The van der Waals surface area contributed by atoms with Gasteiger partial charge in [0.2, 0.25) is 0 Å². The zero-order chi connectivity index (χ0) is 36.6. The van der Waals surface area contributed by atoms with E-state index in [0.29, 0.717) is 46.2 Å². The third kappa shape index (κ3) is 6.70. The van der Waals surface area contributed by atoms with Gasteiger partial charge in [-0.2, -0.15) is 0 Å². The van der Waals surface area contributed by atoms with Crippen LogP contribution in [0, 0.1) is 18.6 Å². The SMILES string of the molecule is Cc1cc2ccnc(Nc3ccc(Oc4ccnc(C(C)(C)C)c4C4=CC(C=O)N(C(=O)O)C(C=O)C4)c(F)c3)c2c(=O)n1-c1ccc(F)cc1. The second kappa shape index (κ2) is 13.6. The van der Waals surface area contributed by atoms with E-state index in [9.17, 15) is 28.7 Å². The number of amides is 1. The van der Waals surface area contributed by atoms with Gasteiger partial charge in [-0.25, -0.2) is 18.6 Å². The van der Waals surface area contributed by atoms with E-state index in [4.69, 9.17) is 4.74 Å². The number of aryl methyl sites for hydroxylation is 1. The number of hydrogen-bond donors (Lipinski definition) is 2. The highest BCUT2D eigenvalue weighted by Gasteiger charge is 2.37. The Morgan fingerprint density at radius 2 is 1.71 bits per heavy atom. The van der Waals surface area contributed by atoms with Gasteiger partial charge in [-0.05, 0) is 72.5 Å². The molecule has 260 valence electrons. The molecule has 0 radical (unpaired) electrons. The lowest BCUT2D eigenvalue weighted by molar-refractivity contribution is -0.115. The maximum absolute atomic E-state index is 15.8. The van der Waals surface area contributed by atoms with Crippen LogP contribution in [0.25, 0.3) is 22.0 Å². The van der Waals surface area contributed by atoms with Gasteiger partial charge in [-0.15, -0.1) is 0 Å². The predicted molar refractivity (Wildman–Crippen MR) is 187 cm³/mol. The molecule has 5 aromatic rings. The molecule has 13 heteroatoms. The van der Waals surface area contributed by atoms with Crippen LogP contribution >= 0.6 is 0 Å². The molecular formula is C38H33F2N5O6. The van der Waals surface area contributed by atoms with E-state index < -0.39 is 40.8 Å². The molecule has 2 N–H and O–H groups in total. The van der Waals surface area contributed by atoms with Gasteiger partial charge in [-0.3, -0.25) is 19.2 Å². The predicted octanol–water partition coefficient (Wildman–Crippen LogP) is 7.10. The first kappa shape index (κ1) is 34.6. The van der Waals surface area contributed by atoms with Crippen molar-refractivity contribution in [3.05, 3.63) is 118 Å². The third-order valence-corrected chi connectivity index (χ3v) is 8.56. The van der Waals surface area contributed by atoms with E-state index in [-0.39, 0.29) is 34.8 Å². The van der Waals surface area contributed by atoms with Crippen LogP contribution in [0.1, 0.15) is 44.1 Å². The van der Waals surface area contributed by atoms with Gasteiger partial charge in [0.1, 0.15) is 36.0 Å². The molecule has 2 atom stereocenters. The number of nitrogens with one attached hydrogen (secondary N) is 1. The second-order valence-electron chi connectivity index (χ2n) is 13.1. The molecule has 1 aliphatic heterocycles. The minimum Gasteiger partial charge on any atom is -0.465 e. The number of carbonyl (C=O) groups is 3. The first-order valence-electron chi connectivity index (χ1n) is 15.9. The number of pyridine rings is 3. The van der Waals surface area contributed by atoms with Crippen LogP contribution in [-0.2, 0) is 15.0 Å². The Balaban J connectivity index is 1.37.